The fraction of sp³-hybridized carbons (Fsp3) is 0.308. The van der Waals surface area contributed by atoms with E-state index in [9.17, 15) is 18.0 Å². The SMILES string of the molecule is C=CCCc1cc(C)c(C(=O)Cl)cc1C(F)(F)F. The molecule has 0 N–H and O–H groups in total. The van der Waals surface area contributed by atoms with E-state index in [1.807, 2.05) is 0 Å². The molecule has 0 unspecified atom stereocenters. The fourth-order valence-electron chi connectivity index (χ4n) is 1.71. The molecular formula is C13H12ClF3O. The van der Waals surface area contributed by atoms with Gasteiger partial charge in [-0.1, -0.05) is 12.1 Å². The Morgan fingerprint density at radius 3 is 2.50 bits per heavy atom. The molecule has 0 aliphatic rings. The van der Waals surface area contributed by atoms with E-state index in [0.717, 1.165) is 6.07 Å². The normalized spacial score (nSPS) is 11.4. The van der Waals surface area contributed by atoms with Crippen molar-refractivity contribution in [2.75, 3.05) is 0 Å². The van der Waals surface area contributed by atoms with Gasteiger partial charge in [0.15, 0.2) is 0 Å². The van der Waals surface area contributed by atoms with Gasteiger partial charge in [0.25, 0.3) is 5.24 Å². The molecule has 0 fully saturated rings. The summed E-state index contributed by atoms with van der Waals surface area (Å²) in [5.41, 5.74) is -0.311. The highest BCUT2D eigenvalue weighted by Gasteiger charge is 2.34. The third-order valence-electron chi connectivity index (χ3n) is 2.59. The van der Waals surface area contributed by atoms with Crippen LogP contribution in [0.15, 0.2) is 24.8 Å². The van der Waals surface area contributed by atoms with E-state index in [2.05, 4.69) is 6.58 Å². The summed E-state index contributed by atoms with van der Waals surface area (Å²) in [4.78, 5) is 11.1. The second-order valence-corrected chi connectivity index (χ2v) is 4.27. The summed E-state index contributed by atoms with van der Waals surface area (Å²) in [6, 6.07) is 2.19. The van der Waals surface area contributed by atoms with Gasteiger partial charge in [0, 0.05) is 5.56 Å². The summed E-state index contributed by atoms with van der Waals surface area (Å²) in [7, 11) is 0. The van der Waals surface area contributed by atoms with Gasteiger partial charge in [-0.2, -0.15) is 13.2 Å². The minimum Gasteiger partial charge on any atom is -0.276 e. The first-order valence-corrected chi connectivity index (χ1v) is 5.66. The van der Waals surface area contributed by atoms with Crippen LogP contribution in [0, 0.1) is 6.92 Å². The van der Waals surface area contributed by atoms with E-state index in [0.29, 0.717) is 12.0 Å². The van der Waals surface area contributed by atoms with Gasteiger partial charge in [-0.3, -0.25) is 4.79 Å². The summed E-state index contributed by atoms with van der Waals surface area (Å²) < 4.78 is 38.6. The Labute approximate surface area is 108 Å². The highest BCUT2D eigenvalue weighted by atomic mass is 35.5. The predicted molar refractivity (Wildman–Crippen MR) is 64.9 cm³/mol. The first-order valence-electron chi connectivity index (χ1n) is 5.28. The Bertz CT molecular complexity index is 478. The van der Waals surface area contributed by atoms with Crippen LogP contribution < -0.4 is 0 Å². The smallest absolute Gasteiger partial charge is 0.276 e. The monoisotopic (exact) mass is 276 g/mol. The average molecular weight is 277 g/mol. The Morgan fingerprint density at radius 2 is 2.06 bits per heavy atom. The van der Waals surface area contributed by atoms with Gasteiger partial charge in [-0.15, -0.1) is 6.58 Å². The quantitative estimate of drug-likeness (QED) is 0.584. The molecule has 0 amide bonds. The number of carbonyl (C=O) groups is 1. The van der Waals surface area contributed by atoms with Crippen LogP contribution in [0.25, 0.3) is 0 Å². The largest absolute Gasteiger partial charge is 0.416 e. The second kappa shape index (κ2) is 5.57. The number of allylic oxidation sites excluding steroid dienone is 1. The van der Waals surface area contributed by atoms with Gasteiger partial charge in [-0.25, -0.2) is 0 Å². The number of halogens is 4. The maximum absolute atomic E-state index is 12.9. The van der Waals surface area contributed by atoms with Crippen LogP contribution in [0.5, 0.6) is 0 Å². The van der Waals surface area contributed by atoms with Gasteiger partial charge in [0.05, 0.1) is 5.56 Å². The molecule has 1 aromatic carbocycles. The number of benzene rings is 1. The average Bonchev–Trinajstić information content (AvgIpc) is 2.23. The molecule has 1 rings (SSSR count). The van der Waals surface area contributed by atoms with Gasteiger partial charge in [-0.05, 0) is 48.6 Å². The van der Waals surface area contributed by atoms with E-state index >= 15 is 0 Å². The lowest BCUT2D eigenvalue weighted by Crippen LogP contribution is -2.12. The molecule has 1 aromatic rings. The summed E-state index contributed by atoms with van der Waals surface area (Å²) in [6.45, 7) is 5.04. The summed E-state index contributed by atoms with van der Waals surface area (Å²) in [5.74, 6) is 0. The zero-order chi connectivity index (χ0) is 13.9. The van der Waals surface area contributed by atoms with Crippen LogP contribution in [0.4, 0.5) is 13.2 Å². The van der Waals surface area contributed by atoms with Crippen LogP contribution in [-0.4, -0.2) is 5.24 Å². The standard InChI is InChI=1S/C13H12ClF3O/c1-3-4-5-9-6-8(2)10(12(14)18)7-11(9)13(15,16)17/h3,6-7H,1,4-5H2,2H3. The van der Waals surface area contributed by atoms with E-state index in [-0.39, 0.29) is 17.5 Å². The van der Waals surface area contributed by atoms with E-state index in [1.54, 1.807) is 13.0 Å². The molecule has 0 saturated carbocycles. The van der Waals surface area contributed by atoms with Crippen molar-refractivity contribution in [3.05, 3.63) is 47.0 Å². The van der Waals surface area contributed by atoms with Crippen LogP contribution in [-0.2, 0) is 12.6 Å². The number of alkyl halides is 3. The molecule has 98 valence electrons. The molecule has 0 aliphatic heterocycles. The van der Waals surface area contributed by atoms with Crippen molar-refractivity contribution in [1.82, 2.24) is 0 Å². The molecule has 0 aromatic heterocycles. The van der Waals surface area contributed by atoms with Gasteiger partial charge < -0.3 is 0 Å². The topological polar surface area (TPSA) is 17.1 Å². The van der Waals surface area contributed by atoms with Crippen LogP contribution >= 0.6 is 11.6 Å². The molecule has 0 spiro atoms. The van der Waals surface area contributed by atoms with Crippen molar-refractivity contribution in [3.8, 4) is 0 Å². The van der Waals surface area contributed by atoms with Crippen molar-refractivity contribution in [1.29, 1.82) is 0 Å². The third-order valence-corrected chi connectivity index (χ3v) is 2.79. The predicted octanol–water partition coefficient (Wildman–Crippen LogP) is 4.51. The third kappa shape index (κ3) is 3.35. The summed E-state index contributed by atoms with van der Waals surface area (Å²) in [5, 5.41) is -0.881. The lowest BCUT2D eigenvalue weighted by molar-refractivity contribution is -0.138. The zero-order valence-corrected chi connectivity index (χ0v) is 10.5. The number of hydrogen-bond donors (Lipinski definition) is 0. The number of carbonyl (C=O) groups excluding carboxylic acids is 1. The van der Waals surface area contributed by atoms with Crippen LogP contribution in [0.1, 0.15) is 33.5 Å². The van der Waals surface area contributed by atoms with Gasteiger partial charge in [0.1, 0.15) is 0 Å². The van der Waals surface area contributed by atoms with Crippen LogP contribution in [0.3, 0.4) is 0 Å². The van der Waals surface area contributed by atoms with Crippen molar-refractivity contribution in [3.63, 3.8) is 0 Å². The molecule has 1 nitrogen and oxygen atoms in total. The Morgan fingerprint density at radius 1 is 1.44 bits per heavy atom. The Kier molecular flexibility index (Phi) is 4.57. The second-order valence-electron chi connectivity index (χ2n) is 3.92. The first-order chi connectivity index (χ1) is 8.27. The lowest BCUT2D eigenvalue weighted by atomic mass is 9.96. The number of rotatable bonds is 4. The first kappa shape index (κ1) is 14.8. The minimum absolute atomic E-state index is 0.105. The van der Waals surface area contributed by atoms with Gasteiger partial charge >= 0.3 is 6.18 Å². The van der Waals surface area contributed by atoms with Crippen LogP contribution in [0.2, 0.25) is 0 Å². The molecule has 0 heterocycles. The summed E-state index contributed by atoms with van der Waals surface area (Å²) >= 11 is 5.26. The Hall–Kier alpha value is -1.29. The minimum atomic E-state index is -4.49. The van der Waals surface area contributed by atoms with Crippen molar-refractivity contribution in [2.45, 2.75) is 25.9 Å². The van der Waals surface area contributed by atoms with E-state index in [4.69, 9.17) is 11.6 Å². The maximum Gasteiger partial charge on any atom is 0.416 e. The van der Waals surface area contributed by atoms with Crippen molar-refractivity contribution >= 4 is 16.8 Å². The zero-order valence-electron chi connectivity index (χ0n) is 9.77. The fourth-order valence-corrected chi connectivity index (χ4v) is 1.91. The van der Waals surface area contributed by atoms with Crippen molar-refractivity contribution < 1.29 is 18.0 Å². The molecule has 0 bridgehead atoms. The van der Waals surface area contributed by atoms with Crippen molar-refractivity contribution in [2.24, 2.45) is 0 Å². The molecule has 18 heavy (non-hydrogen) atoms. The van der Waals surface area contributed by atoms with Gasteiger partial charge in [0.2, 0.25) is 0 Å². The molecule has 0 aliphatic carbocycles. The lowest BCUT2D eigenvalue weighted by Gasteiger charge is -2.15. The number of aryl methyl sites for hydroxylation is 2. The molecule has 0 atom stereocenters. The number of hydrogen-bond acceptors (Lipinski definition) is 1. The highest BCUT2D eigenvalue weighted by molar-refractivity contribution is 6.67. The molecular weight excluding hydrogens is 265 g/mol. The summed E-state index contributed by atoms with van der Waals surface area (Å²) in [6.07, 6.45) is -2.27. The van der Waals surface area contributed by atoms with E-state index in [1.165, 1.54) is 6.07 Å². The van der Waals surface area contributed by atoms with E-state index < -0.39 is 17.0 Å². The maximum atomic E-state index is 12.9. The molecule has 5 heteroatoms. The molecule has 0 radical (unpaired) electrons. The molecule has 0 saturated heterocycles. The Balaban J connectivity index is 3.37. The highest BCUT2D eigenvalue weighted by Crippen LogP contribution is 2.34.